The summed E-state index contributed by atoms with van der Waals surface area (Å²) in [4.78, 5) is 6.88. The van der Waals surface area contributed by atoms with Crippen molar-refractivity contribution in [3.8, 4) is 10.6 Å². The van der Waals surface area contributed by atoms with Crippen molar-refractivity contribution in [3.05, 3.63) is 40.4 Å². The zero-order valence-corrected chi connectivity index (χ0v) is 12.5. The summed E-state index contributed by atoms with van der Waals surface area (Å²) in [5, 5.41) is 3.82. The highest BCUT2D eigenvalue weighted by Crippen LogP contribution is 2.30. The van der Waals surface area contributed by atoms with Gasteiger partial charge in [-0.3, -0.25) is 0 Å². The van der Waals surface area contributed by atoms with Crippen molar-refractivity contribution in [1.82, 2.24) is 9.88 Å². The minimum Gasteiger partial charge on any atom is -0.330 e. The van der Waals surface area contributed by atoms with Gasteiger partial charge in [-0.1, -0.05) is 29.8 Å². The second-order valence-electron chi connectivity index (χ2n) is 4.50. The van der Waals surface area contributed by atoms with Crippen molar-refractivity contribution in [1.29, 1.82) is 0 Å². The highest BCUT2D eigenvalue weighted by atomic mass is 35.5. The quantitative estimate of drug-likeness (QED) is 0.889. The molecule has 2 rings (SSSR count). The fraction of sp³-hybridized carbons (Fsp3) is 0.357. The van der Waals surface area contributed by atoms with Crippen LogP contribution in [0.3, 0.4) is 0 Å². The third-order valence-corrected chi connectivity index (χ3v) is 4.09. The van der Waals surface area contributed by atoms with Crippen molar-refractivity contribution in [3.63, 3.8) is 0 Å². The predicted molar refractivity (Wildman–Crippen MR) is 82.6 cm³/mol. The Hall–Kier alpha value is -0.940. The molecule has 0 aliphatic rings. The van der Waals surface area contributed by atoms with Gasteiger partial charge in [0.15, 0.2) is 0 Å². The van der Waals surface area contributed by atoms with Gasteiger partial charge in [0.2, 0.25) is 0 Å². The molecule has 0 fully saturated rings. The van der Waals surface area contributed by atoms with Gasteiger partial charge in [0, 0.05) is 17.5 Å². The van der Waals surface area contributed by atoms with Crippen LogP contribution in [0.15, 0.2) is 29.6 Å². The summed E-state index contributed by atoms with van der Waals surface area (Å²) in [6.07, 6.45) is 1.01. The summed E-state index contributed by atoms with van der Waals surface area (Å²) in [6.45, 7) is 2.57. The first-order valence-electron chi connectivity index (χ1n) is 6.28. The van der Waals surface area contributed by atoms with Crippen LogP contribution >= 0.6 is 22.9 Å². The first-order valence-corrected chi connectivity index (χ1v) is 7.54. The number of nitrogens with two attached hydrogens (primary N) is 1. The standard InChI is InChI=1S/C14H18ClN3S/c1-18(8-4-7-16)9-11-10-19-14(17-11)12-5-2-3-6-13(12)15/h2-3,5-6,10H,4,7-9,16H2,1H3. The molecule has 0 saturated heterocycles. The molecule has 0 radical (unpaired) electrons. The molecule has 1 heterocycles. The summed E-state index contributed by atoms with van der Waals surface area (Å²) in [6, 6.07) is 7.81. The maximum atomic E-state index is 6.18. The van der Waals surface area contributed by atoms with Gasteiger partial charge in [0.25, 0.3) is 0 Å². The first kappa shape index (κ1) is 14.5. The lowest BCUT2D eigenvalue weighted by atomic mass is 10.2. The van der Waals surface area contributed by atoms with Crippen molar-refractivity contribution >= 4 is 22.9 Å². The van der Waals surface area contributed by atoms with Crippen LogP contribution in [-0.2, 0) is 6.54 Å². The van der Waals surface area contributed by atoms with E-state index in [-0.39, 0.29) is 0 Å². The number of halogens is 1. The van der Waals surface area contributed by atoms with Gasteiger partial charge < -0.3 is 10.6 Å². The van der Waals surface area contributed by atoms with E-state index >= 15 is 0 Å². The van der Waals surface area contributed by atoms with E-state index in [1.165, 1.54) is 0 Å². The molecule has 2 aromatic rings. The Kier molecular flexibility index (Phi) is 5.34. The van der Waals surface area contributed by atoms with Crippen molar-refractivity contribution in [2.45, 2.75) is 13.0 Å². The molecule has 0 amide bonds. The molecule has 1 aromatic heterocycles. The summed E-state index contributed by atoms with van der Waals surface area (Å²) in [5.74, 6) is 0. The largest absolute Gasteiger partial charge is 0.330 e. The molecule has 0 unspecified atom stereocenters. The summed E-state index contributed by atoms with van der Waals surface area (Å²) in [5.41, 5.74) is 7.60. The smallest absolute Gasteiger partial charge is 0.125 e. The van der Waals surface area contributed by atoms with Crippen LogP contribution in [0.5, 0.6) is 0 Å². The normalized spacial score (nSPS) is 11.2. The maximum absolute atomic E-state index is 6.18. The fourth-order valence-corrected chi connectivity index (χ4v) is 2.99. The summed E-state index contributed by atoms with van der Waals surface area (Å²) < 4.78 is 0. The molecule has 19 heavy (non-hydrogen) atoms. The summed E-state index contributed by atoms with van der Waals surface area (Å²) >= 11 is 7.82. The van der Waals surface area contributed by atoms with Crippen LogP contribution in [0.1, 0.15) is 12.1 Å². The Labute approximate surface area is 123 Å². The minimum atomic E-state index is 0.728. The lowest BCUT2D eigenvalue weighted by Gasteiger charge is -2.13. The zero-order valence-electron chi connectivity index (χ0n) is 11.0. The fourth-order valence-electron chi connectivity index (χ4n) is 1.85. The number of thiazole rings is 1. The second-order valence-corrected chi connectivity index (χ2v) is 5.77. The third kappa shape index (κ3) is 4.01. The summed E-state index contributed by atoms with van der Waals surface area (Å²) in [7, 11) is 2.09. The number of aromatic nitrogens is 1. The molecule has 3 nitrogen and oxygen atoms in total. The number of nitrogens with zero attached hydrogens (tertiary/aromatic N) is 2. The molecule has 102 valence electrons. The predicted octanol–water partition coefficient (Wildman–Crippen LogP) is 3.24. The number of benzene rings is 1. The Balaban J connectivity index is 2.05. The molecule has 0 aliphatic heterocycles. The maximum Gasteiger partial charge on any atom is 0.125 e. The topological polar surface area (TPSA) is 42.1 Å². The highest BCUT2D eigenvalue weighted by Gasteiger charge is 2.09. The van der Waals surface area contributed by atoms with Gasteiger partial charge in [-0.2, -0.15) is 0 Å². The molecule has 0 bridgehead atoms. The molecule has 1 aromatic carbocycles. The van der Waals surface area contributed by atoms with E-state index in [2.05, 4.69) is 22.3 Å². The van der Waals surface area contributed by atoms with E-state index in [0.717, 1.165) is 47.3 Å². The molecule has 5 heteroatoms. The van der Waals surface area contributed by atoms with E-state index in [1.54, 1.807) is 11.3 Å². The number of hydrogen-bond donors (Lipinski definition) is 1. The molecule has 0 spiro atoms. The van der Waals surface area contributed by atoms with Crippen LogP contribution in [0.2, 0.25) is 5.02 Å². The Morgan fingerprint density at radius 2 is 2.16 bits per heavy atom. The Morgan fingerprint density at radius 3 is 2.89 bits per heavy atom. The van der Waals surface area contributed by atoms with Gasteiger partial charge >= 0.3 is 0 Å². The van der Waals surface area contributed by atoms with Gasteiger partial charge in [0.1, 0.15) is 5.01 Å². The van der Waals surface area contributed by atoms with Gasteiger partial charge in [0.05, 0.1) is 10.7 Å². The monoisotopic (exact) mass is 295 g/mol. The molecular weight excluding hydrogens is 278 g/mol. The molecular formula is C14H18ClN3S. The Morgan fingerprint density at radius 1 is 1.37 bits per heavy atom. The lowest BCUT2D eigenvalue weighted by Crippen LogP contribution is -2.21. The average Bonchev–Trinajstić information content (AvgIpc) is 2.85. The first-order chi connectivity index (χ1) is 9.20. The Bertz CT molecular complexity index is 527. The van der Waals surface area contributed by atoms with Crippen LogP contribution in [0.4, 0.5) is 0 Å². The molecule has 0 atom stereocenters. The van der Waals surface area contributed by atoms with Crippen molar-refractivity contribution in [2.75, 3.05) is 20.1 Å². The van der Waals surface area contributed by atoms with Crippen LogP contribution in [0.25, 0.3) is 10.6 Å². The number of rotatable bonds is 6. The van der Waals surface area contributed by atoms with Gasteiger partial charge in [-0.05, 0) is 32.6 Å². The molecule has 0 aliphatic carbocycles. The van der Waals surface area contributed by atoms with Crippen molar-refractivity contribution < 1.29 is 0 Å². The molecule has 0 saturated carbocycles. The SMILES string of the molecule is CN(CCCN)Cc1csc(-c2ccccc2Cl)n1. The van der Waals surface area contributed by atoms with Gasteiger partial charge in [-0.25, -0.2) is 4.98 Å². The van der Waals surface area contributed by atoms with Crippen molar-refractivity contribution in [2.24, 2.45) is 5.73 Å². The van der Waals surface area contributed by atoms with E-state index in [4.69, 9.17) is 17.3 Å². The van der Waals surface area contributed by atoms with E-state index in [9.17, 15) is 0 Å². The zero-order chi connectivity index (χ0) is 13.7. The highest BCUT2D eigenvalue weighted by molar-refractivity contribution is 7.13. The number of hydrogen-bond acceptors (Lipinski definition) is 4. The minimum absolute atomic E-state index is 0.728. The van der Waals surface area contributed by atoms with E-state index in [0.29, 0.717) is 0 Å². The lowest BCUT2D eigenvalue weighted by molar-refractivity contribution is 0.321. The van der Waals surface area contributed by atoms with E-state index in [1.807, 2.05) is 24.3 Å². The van der Waals surface area contributed by atoms with Crippen LogP contribution in [-0.4, -0.2) is 30.0 Å². The molecule has 2 N–H and O–H groups in total. The third-order valence-electron chi connectivity index (χ3n) is 2.83. The van der Waals surface area contributed by atoms with E-state index < -0.39 is 0 Å². The van der Waals surface area contributed by atoms with Crippen LogP contribution in [0, 0.1) is 0 Å². The van der Waals surface area contributed by atoms with Gasteiger partial charge in [-0.15, -0.1) is 11.3 Å². The van der Waals surface area contributed by atoms with Crippen LogP contribution < -0.4 is 5.73 Å². The average molecular weight is 296 g/mol. The second kappa shape index (κ2) is 7.01.